The highest BCUT2D eigenvalue weighted by atomic mass is 16.6. The molecule has 0 N–H and O–H groups in total. The van der Waals surface area contributed by atoms with Gasteiger partial charge in [-0.15, -0.1) is 0 Å². The summed E-state index contributed by atoms with van der Waals surface area (Å²) in [5.41, 5.74) is 1.08. The minimum Gasteiger partial charge on any atom is -0.393 e. The second kappa shape index (κ2) is 5.07. The van der Waals surface area contributed by atoms with E-state index in [1.165, 1.54) is 0 Å². The first kappa shape index (κ1) is 13.2. The zero-order valence-electron chi connectivity index (χ0n) is 11.7. The Bertz CT molecular complexity index is 535. The topological polar surface area (TPSA) is 61.8 Å². The van der Waals surface area contributed by atoms with Crippen LogP contribution in [0.3, 0.4) is 0 Å². The van der Waals surface area contributed by atoms with Crippen LogP contribution in [0.1, 0.15) is 19.3 Å². The number of carbonyl (C=O) groups excluding carboxylic acids is 2. The van der Waals surface area contributed by atoms with E-state index in [4.69, 9.17) is 14.2 Å². The summed E-state index contributed by atoms with van der Waals surface area (Å²) in [6.45, 7) is 0.988. The lowest BCUT2D eigenvalue weighted by molar-refractivity contribution is -0.154. The third kappa shape index (κ3) is 2.15. The minimum absolute atomic E-state index is 0.0463. The minimum atomic E-state index is -0.398. The Balaban J connectivity index is 1.59. The van der Waals surface area contributed by atoms with Gasteiger partial charge in [0.15, 0.2) is 0 Å². The van der Waals surface area contributed by atoms with Crippen LogP contribution >= 0.6 is 0 Å². The fraction of sp³-hybridized carbons (Fsp3) is 0.625. The maximum atomic E-state index is 12.0. The molecule has 0 aromatic carbocycles. The second-order valence-corrected chi connectivity index (χ2v) is 6.16. The standard InChI is InChI=1S/C16H18O5/c17-15-10-6-5-9-7-19-12-3-1-2-4-13(12)20-8-11(9)14(10)16(18)21-15/h1-2,5,10-14H,3-4,6-8H2/t10?,11?,12-,13-,14?/m1/s1. The van der Waals surface area contributed by atoms with Gasteiger partial charge < -0.3 is 14.2 Å². The summed E-state index contributed by atoms with van der Waals surface area (Å²) in [5, 5.41) is 0. The zero-order chi connectivity index (χ0) is 14.4. The third-order valence-electron chi connectivity index (χ3n) is 5.03. The smallest absolute Gasteiger partial charge is 0.318 e. The summed E-state index contributed by atoms with van der Waals surface area (Å²) in [6, 6.07) is 0. The molecule has 4 rings (SSSR count). The average molecular weight is 290 g/mol. The Hall–Kier alpha value is -1.46. The lowest BCUT2D eigenvalue weighted by Crippen LogP contribution is -2.42. The summed E-state index contributed by atoms with van der Waals surface area (Å²) >= 11 is 0. The van der Waals surface area contributed by atoms with Crippen LogP contribution < -0.4 is 0 Å². The Morgan fingerprint density at radius 2 is 1.67 bits per heavy atom. The highest BCUT2D eigenvalue weighted by Gasteiger charge is 2.51. The van der Waals surface area contributed by atoms with E-state index in [0.717, 1.165) is 18.4 Å². The van der Waals surface area contributed by atoms with Gasteiger partial charge in [0.1, 0.15) is 0 Å². The molecule has 2 fully saturated rings. The molecule has 5 heteroatoms. The number of hydrogen-bond donors (Lipinski definition) is 0. The Labute approximate surface area is 122 Å². The van der Waals surface area contributed by atoms with Crippen molar-refractivity contribution in [2.24, 2.45) is 17.8 Å². The highest BCUT2D eigenvalue weighted by Crippen LogP contribution is 2.42. The third-order valence-corrected chi connectivity index (χ3v) is 5.03. The predicted octanol–water partition coefficient (Wildman–Crippen LogP) is 1.38. The van der Waals surface area contributed by atoms with Crippen LogP contribution in [0.5, 0.6) is 0 Å². The van der Waals surface area contributed by atoms with Crippen molar-refractivity contribution in [1.29, 1.82) is 0 Å². The molecule has 5 nitrogen and oxygen atoms in total. The molecule has 2 saturated heterocycles. The molecule has 5 atom stereocenters. The molecule has 0 saturated carbocycles. The Morgan fingerprint density at radius 1 is 0.905 bits per heavy atom. The van der Waals surface area contributed by atoms with Crippen LogP contribution in [0.2, 0.25) is 0 Å². The molecular weight excluding hydrogens is 272 g/mol. The average Bonchev–Trinajstić information content (AvgIpc) is 2.76. The van der Waals surface area contributed by atoms with Crippen molar-refractivity contribution in [2.75, 3.05) is 13.2 Å². The highest BCUT2D eigenvalue weighted by molar-refractivity contribution is 5.97. The van der Waals surface area contributed by atoms with Crippen molar-refractivity contribution < 1.29 is 23.8 Å². The van der Waals surface area contributed by atoms with Crippen molar-refractivity contribution in [1.82, 2.24) is 0 Å². The molecule has 2 heterocycles. The molecule has 0 aromatic rings. The first-order chi connectivity index (χ1) is 10.2. The number of fused-ring (bicyclic) bond motifs is 4. The SMILES string of the molecule is O=C1OC(=O)C2C1CC=C1CO[C@@H]3CC=CC[C@H]3OCC12. The number of hydrogen-bond acceptors (Lipinski definition) is 5. The van der Waals surface area contributed by atoms with Gasteiger partial charge in [0, 0.05) is 5.92 Å². The molecule has 0 aromatic heterocycles. The van der Waals surface area contributed by atoms with E-state index < -0.39 is 11.9 Å². The molecule has 0 bridgehead atoms. The van der Waals surface area contributed by atoms with E-state index >= 15 is 0 Å². The van der Waals surface area contributed by atoms with E-state index in [0.29, 0.717) is 19.6 Å². The first-order valence-corrected chi connectivity index (χ1v) is 7.56. The maximum Gasteiger partial charge on any atom is 0.318 e. The second-order valence-electron chi connectivity index (χ2n) is 6.16. The molecule has 2 aliphatic carbocycles. The van der Waals surface area contributed by atoms with Crippen molar-refractivity contribution in [3.63, 3.8) is 0 Å². The maximum absolute atomic E-state index is 12.0. The van der Waals surface area contributed by atoms with Gasteiger partial charge in [0.05, 0.1) is 37.3 Å². The number of esters is 2. The summed E-state index contributed by atoms with van der Waals surface area (Å²) < 4.78 is 16.8. The van der Waals surface area contributed by atoms with Gasteiger partial charge >= 0.3 is 11.9 Å². The van der Waals surface area contributed by atoms with Gasteiger partial charge in [-0.2, -0.15) is 0 Å². The fourth-order valence-corrected chi connectivity index (χ4v) is 3.82. The summed E-state index contributed by atoms with van der Waals surface area (Å²) in [4.78, 5) is 23.7. The first-order valence-electron chi connectivity index (χ1n) is 7.56. The number of ether oxygens (including phenoxy) is 3. The molecule has 0 spiro atoms. The van der Waals surface area contributed by atoms with Gasteiger partial charge in [-0.1, -0.05) is 18.2 Å². The summed E-state index contributed by atoms with van der Waals surface area (Å²) in [6.07, 6.45) is 8.69. The normalized spacial score (nSPS) is 42.1. The van der Waals surface area contributed by atoms with E-state index in [9.17, 15) is 9.59 Å². The van der Waals surface area contributed by atoms with E-state index in [1.807, 2.05) is 6.08 Å². The van der Waals surface area contributed by atoms with E-state index in [1.54, 1.807) is 0 Å². The molecule has 4 aliphatic rings. The number of allylic oxidation sites excluding steroid dienone is 1. The van der Waals surface area contributed by atoms with Crippen LogP contribution in [-0.4, -0.2) is 37.4 Å². The van der Waals surface area contributed by atoms with Crippen LogP contribution in [0.25, 0.3) is 0 Å². The quantitative estimate of drug-likeness (QED) is 0.383. The summed E-state index contributed by atoms with van der Waals surface area (Å²) in [5.74, 6) is -1.60. The van der Waals surface area contributed by atoms with E-state index in [-0.39, 0.29) is 30.0 Å². The van der Waals surface area contributed by atoms with Gasteiger partial charge in [0.2, 0.25) is 0 Å². The largest absolute Gasteiger partial charge is 0.393 e. The molecule has 112 valence electrons. The molecule has 0 radical (unpaired) electrons. The van der Waals surface area contributed by atoms with Crippen molar-refractivity contribution in [3.05, 3.63) is 23.8 Å². The molecule has 3 unspecified atom stereocenters. The van der Waals surface area contributed by atoms with Gasteiger partial charge in [0.25, 0.3) is 0 Å². The predicted molar refractivity (Wildman–Crippen MR) is 72.1 cm³/mol. The van der Waals surface area contributed by atoms with Crippen LogP contribution in [0.4, 0.5) is 0 Å². The van der Waals surface area contributed by atoms with Crippen LogP contribution in [0, 0.1) is 17.8 Å². The monoisotopic (exact) mass is 290 g/mol. The van der Waals surface area contributed by atoms with Crippen molar-refractivity contribution in [3.8, 4) is 0 Å². The van der Waals surface area contributed by atoms with Gasteiger partial charge in [-0.3, -0.25) is 9.59 Å². The van der Waals surface area contributed by atoms with Gasteiger partial charge in [-0.25, -0.2) is 0 Å². The molecule has 0 amide bonds. The lowest BCUT2D eigenvalue weighted by Gasteiger charge is -2.38. The Morgan fingerprint density at radius 3 is 2.48 bits per heavy atom. The number of rotatable bonds is 0. The van der Waals surface area contributed by atoms with E-state index in [2.05, 4.69) is 12.2 Å². The van der Waals surface area contributed by atoms with Gasteiger partial charge in [-0.05, 0) is 24.8 Å². The zero-order valence-corrected chi connectivity index (χ0v) is 11.7. The Kier molecular flexibility index (Phi) is 3.19. The lowest BCUT2D eigenvalue weighted by atomic mass is 9.73. The molecule has 2 aliphatic heterocycles. The van der Waals surface area contributed by atoms with Crippen LogP contribution in [-0.2, 0) is 23.8 Å². The number of carbonyl (C=O) groups is 2. The van der Waals surface area contributed by atoms with Crippen molar-refractivity contribution in [2.45, 2.75) is 31.5 Å². The summed E-state index contributed by atoms with van der Waals surface area (Å²) in [7, 11) is 0. The van der Waals surface area contributed by atoms with Crippen molar-refractivity contribution >= 4 is 11.9 Å². The molecular formula is C16H18O5. The fourth-order valence-electron chi connectivity index (χ4n) is 3.82. The molecule has 21 heavy (non-hydrogen) atoms. The van der Waals surface area contributed by atoms with Crippen LogP contribution in [0.15, 0.2) is 23.8 Å². The number of cyclic esters (lactones) is 2.